The molecule has 0 aliphatic heterocycles. The Hall–Kier alpha value is -3.15. The van der Waals surface area contributed by atoms with Crippen LogP contribution in [-0.2, 0) is 11.3 Å². The van der Waals surface area contributed by atoms with Gasteiger partial charge in [0.05, 0.1) is 6.54 Å². The molecule has 0 radical (unpaired) electrons. The van der Waals surface area contributed by atoms with Crippen molar-refractivity contribution in [2.45, 2.75) is 20.4 Å². The molecule has 0 saturated carbocycles. The molecule has 26 heavy (non-hydrogen) atoms. The summed E-state index contributed by atoms with van der Waals surface area (Å²) < 4.78 is 0. The molecule has 0 atom stereocenters. The number of hydrogen-bond acceptors (Lipinski definition) is 3. The van der Waals surface area contributed by atoms with Gasteiger partial charge in [-0.2, -0.15) is 0 Å². The Bertz CT molecular complexity index is 793. The first-order valence-corrected chi connectivity index (χ1v) is 8.33. The second-order valence-corrected chi connectivity index (χ2v) is 6.11. The van der Waals surface area contributed by atoms with Gasteiger partial charge in [0.2, 0.25) is 5.91 Å². The molecule has 0 heterocycles. The largest absolute Gasteiger partial charge is 0.355 e. The maximum Gasteiger partial charge on any atom is 0.251 e. The summed E-state index contributed by atoms with van der Waals surface area (Å²) in [6.07, 6.45) is 0. The van der Waals surface area contributed by atoms with Gasteiger partial charge in [-0.05, 0) is 43.7 Å². The molecule has 3 N–H and O–H groups in total. The molecular weight excluding hydrogens is 330 g/mol. The average Bonchev–Trinajstić information content (AvgIpc) is 2.63. The third-order valence-corrected chi connectivity index (χ3v) is 3.83. The first-order chi connectivity index (χ1) is 12.4. The molecule has 2 aromatic rings. The summed E-state index contributed by atoms with van der Waals surface area (Å²) in [4.78, 5) is 35.5. The minimum atomic E-state index is -0.280. The zero-order valence-electron chi connectivity index (χ0n) is 15.2. The summed E-state index contributed by atoms with van der Waals surface area (Å²) in [5, 5.41) is 7.90. The van der Waals surface area contributed by atoms with Crippen molar-refractivity contribution in [1.82, 2.24) is 16.0 Å². The average molecular weight is 353 g/mol. The van der Waals surface area contributed by atoms with E-state index in [1.165, 1.54) is 0 Å². The minimum Gasteiger partial charge on any atom is -0.355 e. The third-order valence-electron chi connectivity index (χ3n) is 3.83. The lowest BCUT2D eigenvalue weighted by Gasteiger charge is -2.09. The molecule has 0 aromatic heterocycles. The molecule has 0 aliphatic rings. The Labute approximate surface area is 153 Å². The van der Waals surface area contributed by atoms with E-state index in [1.807, 2.05) is 19.9 Å². The Balaban J connectivity index is 1.81. The molecule has 0 aliphatic carbocycles. The van der Waals surface area contributed by atoms with Crippen LogP contribution in [0.15, 0.2) is 42.5 Å². The van der Waals surface area contributed by atoms with E-state index >= 15 is 0 Å². The molecule has 0 saturated heterocycles. The molecule has 0 bridgehead atoms. The molecule has 136 valence electrons. The molecule has 2 aromatic carbocycles. The van der Waals surface area contributed by atoms with E-state index in [4.69, 9.17) is 0 Å². The van der Waals surface area contributed by atoms with Crippen molar-refractivity contribution in [3.05, 3.63) is 70.3 Å². The summed E-state index contributed by atoms with van der Waals surface area (Å²) in [6, 6.07) is 12.5. The topological polar surface area (TPSA) is 87.3 Å². The highest BCUT2D eigenvalue weighted by Crippen LogP contribution is 2.08. The van der Waals surface area contributed by atoms with Gasteiger partial charge in [0, 0.05) is 24.7 Å². The van der Waals surface area contributed by atoms with E-state index in [-0.39, 0.29) is 24.3 Å². The lowest BCUT2D eigenvalue weighted by molar-refractivity contribution is -0.120. The van der Waals surface area contributed by atoms with Crippen molar-refractivity contribution in [2.75, 3.05) is 13.6 Å². The predicted octanol–water partition coefficient (Wildman–Crippen LogP) is 1.71. The fourth-order valence-electron chi connectivity index (χ4n) is 2.55. The minimum absolute atomic E-state index is 0.0951. The molecule has 0 fully saturated rings. The fraction of sp³-hybridized carbons (Fsp3) is 0.250. The van der Waals surface area contributed by atoms with Gasteiger partial charge in [-0.15, -0.1) is 0 Å². The van der Waals surface area contributed by atoms with Crippen LogP contribution in [0, 0.1) is 13.8 Å². The number of carbonyl (C=O) groups excluding carboxylic acids is 3. The zero-order valence-corrected chi connectivity index (χ0v) is 15.2. The van der Waals surface area contributed by atoms with E-state index in [1.54, 1.807) is 43.4 Å². The highest BCUT2D eigenvalue weighted by atomic mass is 16.2. The monoisotopic (exact) mass is 353 g/mol. The number of aryl methyl sites for hydroxylation is 2. The molecular formula is C20H23N3O3. The van der Waals surface area contributed by atoms with Gasteiger partial charge < -0.3 is 16.0 Å². The number of carbonyl (C=O) groups is 3. The maximum absolute atomic E-state index is 12.1. The quantitative estimate of drug-likeness (QED) is 0.739. The van der Waals surface area contributed by atoms with Crippen molar-refractivity contribution in [2.24, 2.45) is 0 Å². The Morgan fingerprint density at radius 3 is 2.00 bits per heavy atom. The second kappa shape index (κ2) is 8.80. The van der Waals surface area contributed by atoms with E-state index in [9.17, 15) is 14.4 Å². The predicted molar refractivity (Wildman–Crippen MR) is 99.9 cm³/mol. The van der Waals surface area contributed by atoms with Crippen LogP contribution in [0.4, 0.5) is 0 Å². The van der Waals surface area contributed by atoms with Gasteiger partial charge in [-0.3, -0.25) is 14.4 Å². The smallest absolute Gasteiger partial charge is 0.251 e. The van der Waals surface area contributed by atoms with Gasteiger partial charge in [0.25, 0.3) is 11.8 Å². The Morgan fingerprint density at radius 2 is 1.42 bits per heavy atom. The highest BCUT2D eigenvalue weighted by molar-refractivity contribution is 5.96. The summed E-state index contributed by atoms with van der Waals surface area (Å²) in [7, 11) is 1.57. The standard InChI is InChI=1S/C20H23N3O3/c1-13-8-14(2)10-17(9-13)20(26)23-12-18(24)22-11-15-4-6-16(7-5-15)19(25)21-3/h4-10H,11-12H2,1-3H3,(H,21,25)(H,22,24)(H,23,26). The number of rotatable bonds is 6. The molecule has 6 heteroatoms. The maximum atomic E-state index is 12.1. The van der Waals surface area contributed by atoms with Gasteiger partial charge >= 0.3 is 0 Å². The van der Waals surface area contributed by atoms with Crippen LogP contribution in [0.25, 0.3) is 0 Å². The molecule has 2 rings (SSSR count). The van der Waals surface area contributed by atoms with Crippen LogP contribution in [0.1, 0.15) is 37.4 Å². The molecule has 3 amide bonds. The van der Waals surface area contributed by atoms with Gasteiger partial charge in [-0.25, -0.2) is 0 Å². The van der Waals surface area contributed by atoms with Crippen molar-refractivity contribution in [3.63, 3.8) is 0 Å². The first kappa shape index (κ1) is 19.2. The van der Waals surface area contributed by atoms with Crippen LogP contribution >= 0.6 is 0 Å². The van der Waals surface area contributed by atoms with E-state index < -0.39 is 0 Å². The van der Waals surface area contributed by atoms with Crippen LogP contribution < -0.4 is 16.0 Å². The van der Waals surface area contributed by atoms with Crippen molar-refractivity contribution in [3.8, 4) is 0 Å². The molecule has 0 unspecified atom stereocenters. The Kier molecular flexibility index (Phi) is 6.49. The number of nitrogens with one attached hydrogen (secondary N) is 3. The number of amides is 3. The van der Waals surface area contributed by atoms with Crippen LogP contribution in [0.3, 0.4) is 0 Å². The first-order valence-electron chi connectivity index (χ1n) is 8.33. The van der Waals surface area contributed by atoms with Crippen LogP contribution in [0.2, 0.25) is 0 Å². The highest BCUT2D eigenvalue weighted by Gasteiger charge is 2.09. The summed E-state index contributed by atoms with van der Waals surface area (Å²) >= 11 is 0. The summed E-state index contributed by atoms with van der Waals surface area (Å²) in [6.45, 7) is 4.08. The van der Waals surface area contributed by atoms with Crippen LogP contribution in [-0.4, -0.2) is 31.3 Å². The van der Waals surface area contributed by atoms with E-state index in [0.717, 1.165) is 16.7 Å². The van der Waals surface area contributed by atoms with Crippen LogP contribution in [0.5, 0.6) is 0 Å². The molecule has 6 nitrogen and oxygen atoms in total. The lowest BCUT2D eigenvalue weighted by atomic mass is 10.1. The lowest BCUT2D eigenvalue weighted by Crippen LogP contribution is -2.36. The van der Waals surface area contributed by atoms with Gasteiger partial charge in [-0.1, -0.05) is 29.3 Å². The third kappa shape index (κ3) is 5.44. The van der Waals surface area contributed by atoms with E-state index in [2.05, 4.69) is 16.0 Å². The summed E-state index contributed by atoms with van der Waals surface area (Å²) in [5.41, 5.74) is 3.97. The van der Waals surface area contributed by atoms with Gasteiger partial charge in [0.15, 0.2) is 0 Å². The van der Waals surface area contributed by atoms with E-state index in [0.29, 0.717) is 17.7 Å². The fourth-order valence-corrected chi connectivity index (χ4v) is 2.55. The zero-order chi connectivity index (χ0) is 19.1. The number of hydrogen-bond donors (Lipinski definition) is 3. The van der Waals surface area contributed by atoms with Crippen molar-refractivity contribution in [1.29, 1.82) is 0 Å². The van der Waals surface area contributed by atoms with Crippen molar-refractivity contribution < 1.29 is 14.4 Å². The van der Waals surface area contributed by atoms with Gasteiger partial charge in [0.1, 0.15) is 0 Å². The SMILES string of the molecule is CNC(=O)c1ccc(CNC(=O)CNC(=O)c2cc(C)cc(C)c2)cc1. The summed E-state index contributed by atoms with van der Waals surface area (Å²) in [5.74, 6) is -0.713. The van der Waals surface area contributed by atoms with Crippen molar-refractivity contribution >= 4 is 17.7 Å². The molecule has 0 spiro atoms. The second-order valence-electron chi connectivity index (χ2n) is 6.11. The normalized spacial score (nSPS) is 10.1. The number of benzene rings is 2. The Morgan fingerprint density at radius 1 is 0.808 bits per heavy atom.